The SMILES string of the molecule is N=C(N)c1ccc(-c2ccc(-c3ccc(C(=N)N)o3)s2)cc1. The Balaban J connectivity index is 1.89. The minimum Gasteiger partial charge on any atom is -0.452 e. The van der Waals surface area contributed by atoms with Crippen LogP contribution in [0, 0.1) is 10.8 Å². The lowest BCUT2D eigenvalue weighted by molar-refractivity contribution is 0.572. The molecule has 3 rings (SSSR count). The van der Waals surface area contributed by atoms with Gasteiger partial charge in [-0.05, 0) is 29.8 Å². The molecule has 2 heterocycles. The standard InChI is InChI=1S/C16H14N4OS/c17-15(18)10-3-1-9(2-4-10)13-7-8-14(22-13)11-5-6-12(21-11)16(19)20/h1-8H,(H3,17,18)(H3,19,20). The van der Waals surface area contributed by atoms with Crippen molar-refractivity contribution in [1.82, 2.24) is 0 Å². The Morgan fingerprint density at radius 1 is 0.818 bits per heavy atom. The summed E-state index contributed by atoms with van der Waals surface area (Å²) in [5.41, 5.74) is 12.6. The highest BCUT2D eigenvalue weighted by atomic mass is 32.1. The summed E-state index contributed by atoms with van der Waals surface area (Å²) in [5, 5.41) is 14.8. The molecule has 5 nitrogen and oxygen atoms in total. The fourth-order valence-electron chi connectivity index (χ4n) is 2.05. The second-order valence-corrected chi connectivity index (χ2v) is 5.82. The lowest BCUT2D eigenvalue weighted by Crippen LogP contribution is -2.10. The minimum atomic E-state index is -0.0807. The molecule has 0 fully saturated rings. The highest BCUT2D eigenvalue weighted by Gasteiger charge is 2.10. The Labute approximate surface area is 131 Å². The second kappa shape index (κ2) is 5.50. The van der Waals surface area contributed by atoms with Gasteiger partial charge in [-0.25, -0.2) is 0 Å². The van der Waals surface area contributed by atoms with Gasteiger partial charge >= 0.3 is 0 Å². The molecule has 0 aliphatic rings. The molecule has 0 spiro atoms. The van der Waals surface area contributed by atoms with E-state index in [4.69, 9.17) is 26.7 Å². The number of nitrogens with one attached hydrogen (secondary N) is 2. The molecule has 0 aliphatic carbocycles. The first kappa shape index (κ1) is 14.1. The molecule has 3 aromatic rings. The van der Waals surface area contributed by atoms with E-state index in [1.165, 1.54) is 0 Å². The van der Waals surface area contributed by atoms with E-state index < -0.39 is 0 Å². The quantitative estimate of drug-likeness (QED) is 0.438. The highest BCUT2D eigenvalue weighted by molar-refractivity contribution is 7.18. The highest BCUT2D eigenvalue weighted by Crippen LogP contribution is 2.35. The van der Waals surface area contributed by atoms with Crippen LogP contribution in [-0.4, -0.2) is 11.7 Å². The molecule has 22 heavy (non-hydrogen) atoms. The number of thiophene rings is 1. The third-order valence-electron chi connectivity index (χ3n) is 3.20. The van der Waals surface area contributed by atoms with Crippen molar-refractivity contribution in [3.8, 4) is 21.1 Å². The Morgan fingerprint density at radius 3 is 2.09 bits per heavy atom. The normalized spacial score (nSPS) is 10.5. The first-order chi connectivity index (χ1) is 10.5. The van der Waals surface area contributed by atoms with Gasteiger partial charge in [-0.2, -0.15) is 0 Å². The maximum atomic E-state index is 7.40. The van der Waals surface area contributed by atoms with Crippen molar-refractivity contribution < 1.29 is 4.42 Å². The van der Waals surface area contributed by atoms with Gasteiger partial charge < -0.3 is 15.9 Å². The zero-order valence-corrected chi connectivity index (χ0v) is 12.4. The number of hydrogen-bond acceptors (Lipinski definition) is 4. The molecule has 0 saturated heterocycles. The molecule has 0 bridgehead atoms. The number of nitrogen functional groups attached to an aromatic ring is 2. The average Bonchev–Trinajstić information content (AvgIpc) is 3.16. The van der Waals surface area contributed by atoms with Gasteiger partial charge in [0.1, 0.15) is 11.6 Å². The number of nitrogens with two attached hydrogens (primary N) is 2. The third-order valence-corrected chi connectivity index (χ3v) is 4.35. The molecule has 2 aromatic heterocycles. The average molecular weight is 310 g/mol. The van der Waals surface area contributed by atoms with Gasteiger partial charge in [0, 0.05) is 10.4 Å². The van der Waals surface area contributed by atoms with Gasteiger partial charge in [0.2, 0.25) is 0 Å². The van der Waals surface area contributed by atoms with Gasteiger partial charge in [-0.1, -0.05) is 24.3 Å². The lowest BCUT2D eigenvalue weighted by Gasteiger charge is -2.00. The molecule has 1 aromatic carbocycles. The van der Waals surface area contributed by atoms with E-state index in [0.29, 0.717) is 17.1 Å². The fraction of sp³-hybridized carbons (Fsp3) is 0. The van der Waals surface area contributed by atoms with Crippen LogP contribution in [0.25, 0.3) is 21.1 Å². The molecular weight excluding hydrogens is 296 g/mol. The number of furan rings is 1. The Bertz CT molecular complexity index is 845. The minimum absolute atomic E-state index is 0.0609. The van der Waals surface area contributed by atoms with Gasteiger partial charge in [0.25, 0.3) is 0 Å². The van der Waals surface area contributed by atoms with Crippen molar-refractivity contribution in [1.29, 1.82) is 10.8 Å². The van der Waals surface area contributed by atoms with E-state index >= 15 is 0 Å². The smallest absolute Gasteiger partial charge is 0.169 e. The lowest BCUT2D eigenvalue weighted by atomic mass is 10.1. The summed E-state index contributed by atoms with van der Waals surface area (Å²) in [6.07, 6.45) is 0. The third kappa shape index (κ3) is 2.64. The van der Waals surface area contributed by atoms with Gasteiger partial charge in [0.05, 0.1) is 4.88 Å². The number of rotatable bonds is 4. The predicted octanol–water partition coefficient (Wildman–Crippen LogP) is 3.24. The summed E-state index contributed by atoms with van der Waals surface area (Å²) in [7, 11) is 0. The summed E-state index contributed by atoms with van der Waals surface area (Å²) < 4.78 is 5.55. The summed E-state index contributed by atoms with van der Waals surface area (Å²) in [5.74, 6) is 1.05. The van der Waals surface area contributed by atoms with Gasteiger partial charge in [-0.15, -0.1) is 11.3 Å². The van der Waals surface area contributed by atoms with E-state index in [2.05, 4.69) is 0 Å². The molecule has 0 atom stereocenters. The molecule has 0 amide bonds. The van der Waals surface area contributed by atoms with E-state index in [9.17, 15) is 0 Å². The summed E-state index contributed by atoms with van der Waals surface area (Å²) in [4.78, 5) is 2.06. The molecule has 0 saturated carbocycles. The van der Waals surface area contributed by atoms with Crippen LogP contribution in [-0.2, 0) is 0 Å². The molecule has 0 aliphatic heterocycles. The Morgan fingerprint density at radius 2 is 1.50 bits per heavy atom. The number of amidine groups is 2. The van der Waals surface area contributed by atoms with Crippen molar-refractivity contribution in [3.63, 3.8) is 0 Å². The Kier molecular flexibility index (Phi) is 3.52. The van der Waals surface area contributed by atoms with Crippen LogP contribution >= 0.6 is 11.3 Å². The van der Waals surface area contributed by atoms with Crippen LogP contribution in [0.15, 0.2) is 52.9 Å². The summed E-state index contributed by atoms with van der Waals surface area (Å²) in [6, 6.07) is 15.0. The van der Waals surface area contributed by atoms with Crippen LogP contribution < -0.4 is 11.5 Å². The maximum Gasteiger partial charge on any atom is 0.169 e. The van der Waals surface area contributed by atoms with Crippen LogP contribution in [0.5, 0.6) is 0 Å². The summed E-state index contributed by atoms with van der Waals surface area (Å²) in [6.45, 7) is 0. The molecule has 110 valence electrons. The van der Waals surface area contributed by atoms with Crippen molar-refractivity contribution in [3.05, 3.63) is 59.9 Å². The van der Waals surface area contributed by atoms with Crippen molar-refractivity contribution in [2.45, 2.75) is 0 Å². The molecule has 6 heteroatoms. The van der Waals surface area contributed by atoms with Crippen LogP contribution in [0.2, 0.25) is 0 Å². The topological polar surface area (TPSA) is 113 Å². The maximum absolute atomic E-state index is 7.40. The van der Waals surface area contributed by atoms with Crippen LogP contribution in [0.3, 0.4) is 0 Å². The molecular formula is C16H14N4OS. The Hall–Kier alpha value is -2.86. The van der Waals surface area contributed by atoms with E-state index in [-0.39, 0.29) is 11.7 Å². The largest absolute Gasteiger partial charge is 0.452 e. The van der Waals surface area contributed by atoms with Crippen molar-refractivity contribution in [2.75, 3.05) is 0 Å². The number of benzene rings is 1. The molecule has 6 N–H and O–H groups in total. The van der Waals surface area contributed by atoms with Crippen LogP contribution in [0.4, 0.5) is 0 Å². The fourth-order valence-corrected chi connectivity index (χ4v) is 3.03. The van der Waals surface area contributed by atoms with Crippen molar-refractivity contribution in [2.24, 2.45) is 11.5 Å². The van der Waals surface area contributed by atoms with E-state index in [1.807, 2.05) is 42.5 Å². The summed E-state index contributed by atoms with van der Waals surface area (Å²) >= 11 is 1.59. The van der Waals surface area contributed by atoms with Gasteiger partial charge in [-0.3, -0.25) is 10.8 Å². The first-order valence-electron chi connectivity index (χ1n) is 6.54. The van der Waals surface area contributed by atoms with Crippen LogP contribution in [0.1, 0.15) is 11.3 Å². The zero-order valence-electron chi connectivity index (χ0n) is 11.6. The first-order valence-corrected chi connectivity index (χ1v) is 7.35. The van der Waals surface area contributed by atoms with E-state index in [0.717, 1.165) is 15.3 Å². The monoisotopic (exact) mass is 310 g/mol. The zero-order chi connectivity index (χ0) is 15.7. The number of hydrogen-bond donors (Lipinski definition) is 4. The predicted molar refractivity (Wildman–Crippen MR) is 89.5 cm³/mol. The molecule has 0 unspecified atom stereocenters. The molecule has 0 radical (unpaired) electrons. The van der Waals surface area contributed by atoms with Crippen molar-refractivity contribution >= 4 is 23.0 Å². The van der Waals surface area contributed by atoms with E-state index in [1.54, 1.807) is 17.4 Å². The van der Waals surface area contributed by atoms with Gasteiger partial charge in [0.15, 0.2) is 11.6 Å². The second-order valence-electron chi connectivity index (χ2n) is 4.73.